The lowest BCUT2D eigenvalue weighted by atomic mass is 9.80. The number of rotatable bonds is 3. The minimum atomic E-state index is -0.365. The Balaban J connectivity index is 1.81. The first-order valence-corrected chi connectivity index (χ1v) is 4.53. The molecule has 0 saturated heterocycles. The molecule has 0 aromatic carbocycles. The molecule has 0 amide bonds. The Labute approximate surface area is 67.1 Å². The van der Waals surface area contributed by atoms with Crippen molar-refractivity contribution in [3.05, 3.63) is 0 Å². The molecule has 2 nitrogen and oxygen atoms in total. The van der Waals surface area contributed by atoms with E-state index in [1.54, 1.807) is 0 Å². The van der Waals surface area contributed by atoms with Crippen molar-refractivity contribution in [2.45, 2.75) is 44.1 Å². The van der Waals surface area contributed by atoms with Crippen LogP contribution in [0.1, 0.15) is 38.5 Å². The molecular formula is C9H15NO. The van der Waals surface area contributed by atoms with Gasteiger partial charge in [-0.1, -0.05) is 19.3 Å². The van der Waals surface area contributed by atoms with Crippen molar-refractivity contribution in [1.82, 2.24) is 0 Å². The molecule has 0 atom stereocenters. The van der Waals surface area contributed by atoms with E-state index in [1.807, 2.05) is 0 Å². The second kappa shape index (κ2) is 2.31. The molecule has 0 bridgehead atoms. The number of nitrogens with two attached hydrogens (primary N) is 1. The molecule has 2 rings (SSSR count). The summed E-state index contributed by atoms with van der Waals surface area (Å²) in [6.07, 6.45) is 6.44. The molecule has 0 radical (unpaired) electrons. The average molecular weight is 153 g/mol. The normalized spacial score (nSPS) is 27.7. The highest BCUT2D eigenvalue weighted by Gasteiger charge is 2.45. The molecule has 0 aromatic heterocycles. The van der Waals surface area contributed by atoms with Gasteiger partial charge in [0, 0.05) is 6.42 Å². The predicted octanol–water partition coefficient (Wildman–Crippen LogP) is 1.24. The number of hydrogen-bond donors (Lipinski definition) is 1. The summed E-state index contributed by atoms with van der Waals surface area (Å²) in [6, 6.07) is 0. The number of Topliss-reactive ketones (excluding diaryl/α,β-unsaturated/α-hetero) is 1. The van der Waals surface area contributed by atoms with E-state index in [0.29, 0.717) is 11.7 Å². The summed E-state index contributed by atoms with van der Waals surface area (Å²) < 4.78 is 0. The highest BCUT2D eigenvalue weighted by molar-refractivity contribution is 5.91. The highest BCUT2D eigenvalue weighted by Crippen LogP contribution is 2.38. The van der Waals surface area contributed by atoms with Gasteiger partial charge in [-0.25, -0.2) is 0 Å². The maximum atomic E-state index is 11.4. The van der Waals surface area contributed by atoms with Gasteiger partial charge < -0.3 is 5.73 Å². The molecule has 62 valence electrons. The van der Waals surface area contributed by atoms with Crippen molar-refractivity contribution >= 4 is 5.78 Å². The second-order valence-corrected chi connectivity index (χ2v) is 4.08. The van der Waals surface area contributed by atoms with E-state index in [0.717, 1.165) is 19.3 Å². The smallest absolute Gasteiger partial charge is 0.152 e. The van der Waals surface area contributed by atoms with Gasteiger partial charge in [-0.2, -0.15) is 0 Å². The highest BCUT2D eigenvalue weighted by atomic mass is 16.1. The van der Waals surface area contributed by atoms with Gasteiger partial charge in [0.05, 0.1) is 5.54 Å². The molecule has 2 heteroatoms. The standard InChI is InChI=1S/C9H15NO/c10-9(4-5-9)8(11)6-7-2-1-3-7/h7H,1-6,10H2. The van der Waals surface area contributed by atoms with Crippen LogP contribution >= 0.6 is 0 Å². The molecular weight excluding hydrogens is 138 g/mol. The topological polar surface area (TPSA) is 43.1 Å². The minimum Gasteiger partial charge on any atom is -0.319 e. The Kier molecular flexibility index (Phi) is 1.53. The van der Waals surface area contributed by atoms with E-state index < -0.39 is 0 Å². The van der Waals surface area contributed by atoms with E-state index in [1.165, 1.54) is 19.3 Å². The van der Waals surface area contributed by atoms with Crippen molar-refractivity contribution in [3.63, 3.8) is 0 Å². The molecule has 0 aliphatic heterocycles. The zero-order valence-electron chi connectivity index (χ0n) is 6.81. The first kappa shape index (κ1) is 7.29. The largest absolute Gasteiger partial charge is 0.319 e. The fourth-order valence-corrected chi connectivity index (χ4v) is 1.58. The fraction of sp³-hybridized carbons (Fsp3) is 0.889. The maximum Gasteiger partial charge on any atom is 0.152 e. The van der Waals surface area contributed by atoms with Crippen LogP contribution in [0.4, 0.5) is 0 Å². The van der Waals surface area contributed by atoms with Crippen molar-refractivity contribution in [3.8, 4) is 0 Å². The van der Waals surface area contributed by atoms with Crippen LogP contribution in [0.2, 0.25) is 0 Å². The lowest BCUT2D eigenvalue weighted by molar-refractivity contribution is -0.122. The van der Waals surface area contributed by atoms with Crippen molar-refractivity contribution in [1.29, 1.82) is 0 Å². The predicted molar refractivity (Wildman–Crippen MR) is 43.1 cm³/mol. The van der Waals surface area contributed by atoms with E-state index in [4.69, 9.17) is 5.73 Å². The molecule has 0 unspecified atom stereocenters. The molecule has 0 heterocycles. The summed E-state index contributed by atoms with van der Waals surface area (Å²) in [6.45, 7) is 0. The lowest BCUT2D eigenvalue weighted by Gasteiger charge is -2.25. The number of carbonyl (C=O) groups is 1. The third-order valence-electron chi connectivity index (χ3n) is 3.04. The third-order valence-corrected chi connectivity index (χ3v) is 3.04. The van der Waals surface area contributed by atoms with Gasteiger partial charge in [0.1, 0.15) is 0 Å². The molecule has 11 heavy (non-hydrogen) atoms. The van der Waals surface area contributed by atoms with Crippen LogP contribution in [0.3, 0.4) is 0 Å². The van der Waals surface area contributed by atoms with Crippen molar-refractivity contribution < 1.29 is 4.79 Å². The van der Waals surface area contributed by atoms with Gasteiger partial charge in [-0.05, 0) is 18.8 Å². The minimum absolute atomic E-state index is 0.321. The third kappa shape index (κ3) is 1.32. The molecule has 2 N–H and O–H groups in total. The van der Waals surface area contributed by atoms with Crippen molar-refractivity contribution in [2.24, 2.45) is 11.7 Å². The molecule has 2 aliphatic rings. The Morgan fingerprint density at radius 1 is 1.45 bits per heavy atom. The van der Waals surface area contributed by atoms with E-state index >= 15 is 0 Å². The first-order chi connectivity index (χ1) is 5.21. The Morgan fingerprint density at radius 2 is 2.09 bits per heavy atom. The summed E-state index contributed by atoms with van der Waals surface area (Å²) in [4.78, 5) is 11.4. The van der Waals surface area contributed by atoms with E-state index in [-0.39, 0.29) is 5.54 Å². The summed E-state index contributed by atoms with van der Waals surface area (Å²) in [7, 11) is 0. The molecule has 0 spiro atoms. The van der Waals surface area contributed by atoms with Crippen LogP contribution in [0.25, 0.3) is 0 Å². The van der Waals surface area contributed by atoms with Gasteiger partial charge in [-0.3, -0.25) is 4.79 Å². The Bertz CT molecular complexity index is 180. The number of carbonyl (C=O) groups excluding carboxylic acids is 1. The summed E-state index contributed by atoms with van der Waals surface area (Å²) >= 11 is 0. The molecule has 0 aromatic rings. The number of hydrogen-bond acceptors (Lipinski definition) is 2. The maximum absolute atomic E-state index is 11.4. The van der Waals surface area contributed by atoms with Crippen LogP contribution in [0, 0.1) is 5.92 Å². The molecule has 2 fully saturated rings. The van der Waals surface area contributed by atoms with Crippen LogP contribution < -0.4 is 5.73 Å². The Hall–Kier alpha value is -0.370. The second-order valence-electron chi connectivity index (χ2n) is 4.08. The quantitative estimate of drug-likeness (QED) is 0.662. The molecule has 2 saturated carbocycles. The van der Waals surface area contributed by atoms with Gasteiger partial charge in [-0.15, -0.1) is 0 Å². The monoisotopic (exact) mass is 153 g/mol. The van der Waals surface area contributed by atoms with E-state index in [2.05, 4.69) is 0 Å². The zero-order chi connectivity index (χ0) is 7.90. The van der Waals surface area contributed by atoms with Crippen LogP contribution in [-0.2, 0) is 4.79 Å². The summed E-state index contributed by atoms with van der Waals surface area (Å²) in [5.41, 5.74) is 5.40. The van der Waals surface area contributed by atoms with E-state index in [9.17, 15) is 4.79 Å². The average Bonchev–Trinajstić information content (AvgIpc) is 2.59. The van der Waals surface area contributed by atoms with Crippen LogP contribution in [0.15, 0.2) is 0 Å². The fourth-order valence-electron chi connectivity index (χ4n) is 1.58. The van der Waals surface area contributed by atoms with Gasteiger partial charge in [0.25, 0.3) is 0 Å². The van der Waals surface area contributed by atoms with Crippen molar-refractivity contribution in [2.75, 3.05) is 0 Å². The number of ketones is 1. The molecule has 2 aliphatic carbocycles. The van der Waals surface area contributed by atoms with Gasteiger partial charge in [0.2, 0.25) is 0 Å². The lowest BCUT2D eigenvalue weighted by Crippen LogP contribution is -2.35. The van der Waals surface area contributed by atoms with Gasteiger partial charge in [0.15, 0.2) is 5.78 Å². The summed E-state index contributed by atoms with van der Waals surface area (Å²) in [5, 5.41) is 0. The Morgan fingerprint density at radius 3 is 2.45 bits per heavy atom. The van der Waals surface area contributed by atoms with Crippen LogP contribution in [0.5, 0.6) is 0 Å². The SMILES string of the molecule is NC1(C(=O)CC2CCC2)CC1. The van der Waals surface area contributed by atoms with Crippen LogP contribution in [-0.4, -0.2) is 11.3 Å². The first-order valence-electron chi connectivity index (χ1n) is 4.53. The summed E-state index contributed by atoms with van der Waals surface area (Å²) in [5.74, 6) is 1.01. The van der Waals surface area contributed by atoms with Gasteiger partial charge >= 0.3 is 0 Å². The zero-order valence-corrected chi connectivity index (χ0v) is 6.81.